The largest absolute Gasteiger partial charge is 0.477 e. The zero-order valence-corrected chi connectivity index (χ0v) is 14.6. The van der Waals surface area contributed by atoms with Crippen molar-refractivity contribution in [2.24, 2.45) is 0 Å². The van der Waals surface area contributed by atoms with Crippen molar-refractivity contribution in [3.05, 3.63) is 48.3 Å². The predicted octanol–water partition coefficient (Wildman–Crippen LogP) is 2.42. The molecule has 2 heterocycles. The third-order valence-corrected chi connectivity index (χ3v) is 4.05. The van der Waals surface area contributed by atoms with Crippen LogP contribution in [0.1, 0.15) is 10.5 Å². The maximum Gasteiger partial charge on any atom is 0.416 e. The Labute approximate surface area is 152 Å². The number of benzene rings is 1. The van der Waals surface area contributed by atoms with Crippen LogP contribution < -0.4 is 9.46 Å². The monoisotopic (exact) mass is 391 g/mol. The number of anilines is 1. The summed E-state index contributed by atoms with van der Waals surface area (Å²) < 4.78 is 30.8. The van der Waals surface area contributed by atoms with Gasteiger partial charge in [0.25, 0.3) is 0 Å². The molecule has 10 nitrogen and oxygen atoms in total. The molecule has 3 N–H and O–H groups in total. The molecule has 0 saturated heterocycles. The number of ether oxygens (including phenoxy) is 1. The lowest BCUT2D eigenvalue weighted by Crippen LogP contribution is -2.14. The minimum Gasteiger partial charge on any atom is -0.477 e. The van der Waals surface area contributed by atoms with Crippen LogP contribution >= 0.6 is 0 Å². The van der Waals surface area contributed by atoms with Crippen LogP contribution in [0.2, 0.25) is 0 Å². The number of nitrogens with zero attached hydrogens (tertiary/aromatic N) is 2. The van der Waals surface area contributed by atoms with Crippen LogP contribution in [0, 0.1) is 0 Å². The van der Waals surface area contributed by atoms with Crippen LogP contribution in [0.4, 0.5) is 10.5 Å². The van der Waals surface area contributed by atoms with Gasteiger partial charge in [0.1, 0.15) is 11.4 Å². The van der Waals surface area contributed by atoms with Gasteiger partial charge in [0.2, 0.25) is 15.9 Å². The van der Waals surface area contributed by atoms with E-state index in [9.17, 15) is 23.1 Å². The molecule has 0 aliphatic heterocycles. The van der Waals surface area contributed by atoms with Crippen LogP contribution in [0.25, 0.3) is 10.9 Å². The number of aromatic nitrogens is 2. The zero-order valence-electron chi connectivity index (χ0n) is 13.8. The molecule has 0 amide bonds. The fourth-order valence-corrected chi connectivity index (χ4v) is 2.99. The van der Waals surface area contributed by atoms with Crippen LogP contribution in [0.5, 0.6) is 11.6 Å². The number of fused-ring (bicyclic) bond motifs is 1. The van der Waals surface area contributed by atoms with E-state index in [2.05, 4.69) is 9.71 Å². The van der Waals surface area contributed by atoms with E-state index in [4.69, 9.17) is 9.84 Å². The summed E-state index contributed by atoms with van der Waals surface area (Å²) in [6, 6.07) is 8.56. The van der Waals surface area contributed by atoms with E-state index in [-0.39, 0.29) is 28.5 Å². The number of nitrogens with one attached hydrogen (secondary N) is 1. The molecule has 27 heavy (non-hydrogen) atoms. The van der Waals surface area contributed by atoms with Crippen molar-refractivity contribution in [2.45, 2.75) is 0 Å². The number of carboxylic acid groups (broad SMARTS) is 2. The van der Waals surface area contributed by atoms with Crippen LogP contribution in [-0.2, 0) is 10.0 Å². The third kappa shape index (κ3) is 3.98. The lowest BCUT2D eigenvalue weighted by Gasteiger charge is -2.07. The molecule has 0 saturated carbocycles. The van der Waals surface area contributed by atoms with Gasteiger partial charge >= 0.3 is 12.1 Å². The van der Waals surface area contributed by atoms with Crippen molar-refractivity contribution in [1.82, 2.24) is 9.55 Å². The fourth-order valence-electron chi connectivity index (χ4n) is 2.44. The normalized spacial score (nSPS) is 11.3. The van der Waals surface area contributed by atoms with Gasteiger partial charge in [-0.05, 0) is 24.3 Å². The Hall–Kier alpha value is -3.60. The highest BCUT2D eigenvalue weighted by Crippen LogP contribution is 2.27. The molecule has 2 aromatic heterocycles. The van der Waals surface area contributed by atoms with Gasteiger partial charge in [0, 0.05) is 17.5 Å². The number of hydrogen-bond acceptors (Lipinski definition) is 6. The van der Waals surface area contributed by atoms with Gasteiger partial charge in [0.15, 0.2) is 0 Å². The molecule has 0 aliphatic carbocycles. The minimum absolute atomic E-state index is 0.139. The quantitative estimate of drug-likeness (QED) is 0.600. The minimum atomic E-state index is -3.43. The topological polar surface area (TPSA) is 148 Å². The maximum absolute atomic E-state index is 11.4. The lowest BCUT2D eigenvalue weighted by atomic mass is 10.2. The lowest BCUT2D eigenvalue weighted by molar-refractivity contribution is 0.0684. The van der Waals surface area contributed by atoms with Crippen LogP contribution in [0.3, 0.4) is 0 Å². The molecule has 0 fully saturated rings. The van der Waals surface area contributed by atoms with Crippen LogP contribution in [-0.4, -0.2) is 46.5 Å². The highest BCUT2D eigenvalue weighted by Gasteiger charge is 2.19. The average molecular weight is 391 g/mol. The zero-order chi connectivity index (χ0) is 19.8. The number of rotatable bonds is 5. The molecule has 0 aliphatic rings. The summed E-state index contributed by atoms with van der Waals surface area (Å²) >= 11 is 0. The number of carboxylic acids is 1. The first-order valence-corrected chi connectivity index (χ1v) is 9.27. The van der Waals surface area contributed by atoms with Gasteiger partial charge in [-0.25, -0.2) is 27.6 Å². The SMILES string of the molecule is CS(=O)(=O)Nc1ccc(Oc2ccc3cc(C(=O)O)n(C(=O)O)c3c2)nc1. The van der Waals surface area contributed by atoms with E-state index in [1.165, 1.54) is 42.6 Å². The summed E-state index contributed by atoms with van der Waals surface area (Å²) in [5.41, 5.74) is 0.0166. The molecule has 3 aromatic rings. The van der Waals surface area contributed by atoms with E-state index in [1.807, 2.05) is 0 Å². The third-order valence-electron chi connectivity index (χ3n) is 3.45. The molecule has 0 radical (unpaired) electrons. The van der Waals surface area contributed by atoms with E-state index in [1.54, 1.807) is 0 Å². The number of hydrogen-bond donors (Lipinski definition) is 3. The van der Waals surface area contributed by atoms with Gasteiger partial charge in [-0.15, -0.1) is 0 Å². The Bertz CT molecular complexity index is 1150. The number of carbonyl (C=O) groups is 2. The van der Waals surface area contributed by atoms with Gasteiger partial charge in [-0.3, -0.25) is 4.72 Å². The second-order valence-corrected chi connectivity index (χ2v) is 7.28. The first kappa shape index (κ1) is 18.2. The second-order valence-electron chi connectivity index (χ2n) is 5.53. The fraction of sp³-hybridized carbons (Fsp3) is 0.0625. The Morgan fingerprint density at radius 3 is 2.44 bits per heavy atom. The number of sulfonamides is 1. The highest BCUT2D eigenvalue weighted by atomic mass is 32.2. The molecular formula is C16H13N3O7S. The van der Waals surface area contributed by atoms with E-state index in [0.717, 1.165) is 6.26 Å². The Morgan fingerprint density at radius 1 is 1.15 bits per heavy atom. The summed E-state index contributed by atoms with van der Waals surface area (Å²) in [5, 5.41) is 18.9. The van der Waals surface area contributed by atoms with Crippen molar-refractivity contribution in [3.63, 3.8) is 0 Å². The maximum atomic E-state index is 11.4. The standard InChI is InChI=1S/C16H13N3O7S/c1-27(24,25)18-10-3-5-14(17-8-10)26-11-4-2-9-6-13(15(20)21)19(16(22)23)12(9)7-11/h2-8,18H,1H3,(H,20,21)(H,22,23). The van der Waals surface area contributed by atoms with Gasteiger partial charge < -0.3 is 14.9 Å². The van der Waals surface area contributed by atoms with Crippen molar-refractivity contribution in [1.29, 1.82) is 0 Å². The first-order valence-electron chi connectivity index (χ1n) is 7.38. The predicted molar refractivity (Wildman–Crippen MR) is 95.1 cm³/mol. The van der Waals surface area contributed by atoms with Crippen molar-refractivity contribution in [3.8, 4) is 11.6 Å². The average Bonchev–Trinajstić information content (AvgIpc) is 2.94. The van der Waals surface area contributed by atoms with E-state index in [0.29, 0.717) is 9.95 Å². The second kappa shape index (κ2) is 6.61. The summed E-state index contributed by atoms with van der Waals surface area (Å²) in [7, 11) is -3.43. The number of aromatic carboxylic acids is 1. The molecule has 0 atom stereocenters. The molecule has 0 bridgehead atoms. The summed E-state index contributed by atoms with van der Waals surface area (Å²) in [6.45, 7) is 0. The molecular weight excluding hydrogens is 378 g/mol. The summed E-state index contributed by atoms with van der Waals surface area (Å²) in [6.07, 6.45) is 0.835. The van der Waals surface area contributed by atoms with E-state index >= 15 is 0 Å². The first-order chi connectivity index (χ1) is 12.6. The highest BCUT2D eigenvalue weighted by molar-refractivity contribution is 7.92. The van der Waals surface area contributed by atoms with Crippen LogP contribution in [0.15, 0.2) is 42.6 Å². The molecule has 0 unspecified atom stereocenters. The Morgan fingerprint density at radius 2 is 1.89 bits per heavy atom. The van der Waals surface area contributed by atoms with Gasteiger partial charge in [0.05, 0.1) is 23.7 Å². The molecule has 3 rings (SSSR count). The van der Waals surface area contributed by atoms with Gasteiger partial charge in [-0.2, -0.15) is 0 Å². The molecule has 0 spiro atoms. The summed E-state index contributed by atoms with van der Waals surface area (Å²) in [5.74, 6) is -0.997. The Kier molecular flexibility index (Phi) is 4.45. The molecule has 11 heteroatoms. The Balaban J connectivity index is 1.92. The number of pyridine rings is 1. The van der Waals surface area contributed by atoms with Crippen molar-refractivity contribution < 1.29 is 33.0 Å². The van der Waals surface area contributed by atoms with Gasteiger partial charge in [-0.1, -0.05) is 0 Å². The smallest absolute Gasteiger partial charge is 0.416 e. The summed E-state index contributed by atoms with van der Waals surface area (Å²) in [4.78, 5) is 26.6. The molecule has 140 valence electrons. The van der Waals surface area contributed by atoms with Crippen molar-refractivity contribution >= 4 is 38.7 Å². The van der Waals surface area contributed by atoms with Crippen molar-refractivity contribution in [2.75, 3.05) is 11.0 Å². The van der Waals surface area contributed by atoms with E-state index < -0.39 is 22.1 Å². The molecule has 1 aromatic carbocycles.